The first kappa shape index (κ1) is 10.4. The Labute approximate surface area is 81.9 Å². The van der Waals surface area contributed by atoms with Gasteiger partial charge in [-0.25, -0.2) is 4.98 Å². The topological polar surface area (TPSA) is 56.3 Å². The highest BCUT2D eigenvalue weighted by molar-refractivity contribution is 5.98. The molecule has 0 aliphatic heterocycles. The van der Waals surface area contributed by atoms with Crippen molar-refractivity contribution < 1.29 is 14.3 Å². The van der Waals surface area contributed by atoms with Crippen molar-refractivity contribution in [3.63, 3.8) is 0 Å². The van der Waals surface area contributed by atoms with Gasteiger partial charge in [-0.3, -0.25) is 9.59 Å². The van der Waals surface area contributed by atoms with Gasteiger partial charge in [0.15, 0.2) is 11.6 Å². The molecule has 0 unspecified atom stereocenters. The van der Waals surface area contributed by atoms with Crippen LogP contribution in [0.1, 0.15) is 34.7 Å². The Morgan fingerprint density at radius 1 is 1.21 bits per heavy atom. The molecule has 0 radical (unpaired) electrons. The number of ether oxygens (including phenoxy) is 1. The molecule has 0 bridgehead atoms. The Kier molecular flexibility index (Phi) is 2.96. The fraction of sp³-hybridized carbons (Fsp3) is 0.300. The van der Waals surface area contributed by atoms with E-state index >= 15 is 0 Å². The monoisotopic (exact) mass is 193 g/mol. The van der Waals surface area contributed by atoms with Crippen LogP contribution in [-0.4, -0.2) is 23.7 Å². The van der Waals surface area contributed by atoms with E-state index in [1.54, 1.807) is 0 Å². The highest BCUT2D eigenvalue weighted by atomic mass is 16.5. The number of methoxy groups -OCH3 is 1. The number of carbonyl (C=O) groups is 2. The second-order valence-electron chi connectivity index (χ2n) is 2.90. The van der Waals surface area contributed by atoms with E-state index in [2.05, 4.69) is 4.98 Å². The van der Waals surface area contributed by atoms with Gasteiger partial charge in [0, 0.05) is 18.6 Å². The van der Waals surface area contributed by atoms with Crippen LogP contribution in [0.5, 0.6) is 5.88 Å². The summed E-state index contributed by atoms with van der Waals surface area (Å²) in [7, 11) is 1.44. The summed E-state index contributed by atoms with van der Waals surface area (Å²) >= 11 is 0. The summed E-state index contributed by atoms with van der Waals surface area (Å²) in [5.41, 5.74) is 0.677. The van der Waals surface area contributed by atoms with Gasteiger partial charge in [-0.05, 0) is 13.0 Å². The fourth-order valence-corrected chi connectivity index (χ4v) is 0.993. The number of rotatable bonds is 3. The van der Waals surface area contributed by atoms with Crippen LogP contribution in [0.4, 0.5) is 0 Å². The van der Waals surface area contributed by atoms with Gasteiger partial charge in [-0.1, -0.05) is 0 Å². The molecule has 0 amide bonds. The average Bonchev–Trinajstić information content (AvgIpc) is 2.16. The van der Waals surface area contributed by atoms with E-state index < -0.39 is 0 Å². The summed E-state index contributed by atoms with van der Waals surface area (Å²) < 4.78 is 4.88. The molecule has 4 nitrogen and oxygen atoms in total. The zero-order valence-electron chi connectivity index (χ0n) is 8.33. The van der Waals surface area contributed by atoms with Gasteiger partial charge in [0.05, 0.1) is 7.11 Å². The molecule has 4 heteroatoms. The minimum Gasteiger partial charge on any atom is -0.481 e. The van der Waals surface area contributed by atoms with Crippen LogP contribution in [0, 0.1) is 0 Å². The van der Waals surface area contributed by atoms with Crippen LogP contribution >= 0.6 is 0 Å². The van der Waals surface area contributed by atoms with Gasteiger partial charge in [0.1, 0.15) is 5.69 Å². The van der Waals surface area contributed by atoms with E-state index in [1.165, 1.54) is 33.1 Å². The molecule has 1 aromatic heterocycles. The van der Waals surface area contributed by atoms with Crippen molar-refractivity contribution in [2.45, 2.75) is 13.8 Å². The zero-order chi connectivity index (χ0) is 10.7. The summed E-state index contributed by atoms with van der Waals surface area (Å²) in [5, 5.41) is 0. The fourth-order valence-electron chi connectivity index (χ4n) is 0.993. The van der Waals surface area contributed by atoms with E-state index in [4.69, 9.17) is 4.74 Å². The maximum Gasteiger partial charge on any atom is 0.214 e. The van der Waals surface area contributed by atoms with Crippen LogP contribution in [0.2, 0.25) is 0 Å². The smallest absolute Gasteiger partial charge is 0.214 e. The van der Waals surface area contributed by atoms with Crippen molar-refractivity contribution in [2.75, 3.05) is 7.11 Å². The molecule has 0 saturated carbocycles. The van der Waals surface area contributed by atoms with Gasteiger partial charge in [-0.2, -0.15) is 0 Å². The van der Waals surface area contributed by atoms with Crippen LogP contribution in [0.3, 0.4) is 0 Å². The standard InChI is InChI=1S/C10H11NO3/c1-6(12)8-4-9(7(2)13)11-10(5-8)14-3/h4-5H,1-3H3. The first-order valence-electron chi connectivity index (χ1n) is 4.12. The third-order valence-corrected chi connectivity index (χ3v) is 1.78. The molecule has 1 heterocycles. The largest absolute Gasteiger partial charge is 0.481 e. The molecule has 1 rings (SSSR count). The third kappa shape index (κ3) is 2.16. The van der Waals surface area contributed by atoms with Crippen LogP contribution in [-0.2, 0) is 0 Å². The van der Waals surface area contributed by atoms with Gasteiger partial charge in [0.25, 0.3) is 0 Å². The van der Waals surface area contributed by atoms with Crippen molar-refractivity contribution in [1.29, 1.82) is 0 Å². The Bertz CT molecular complexity index is 353. The molecule has 1 aromatic rings. The van der Waals surface area contributed by atoms with Gasteiger partial charge in [-0.15, -0.1) is 0 Å². The first-order chi connectivity index (χ1) is 6.54. The number of nitrogens with zero attached hydrogens (tertiary/aromatic N) is 1. The normalized spacial score (nSPS) is 9.64. The van der Waals surface area contributed by atoms with E-state index in [0.717, 1.165) is 0 Å². The number of pyridine rings is 1. The molecule has 0 N–H and O–H groups in total. The molecule has 14 heavy (non-hydrogen) atoms. The number of carbonyl (C=O) groups excluding carboxylic acids is 2. The summed E-state index contributed by atoms with van der Waals surface area (Å²) in [5.74, 6) is -0.0255. The lowest BCUT2D eigenvalue weighted by Gasteiger charge is -2.03. The lowest BCUT2D eigenvalue weighted by molar-refractivity contribution is 0.101. The van der Waals surface area contributed by atoms with Crippen LogP contribution < -0.4 is 4.74 Å². The molecular weight excluding hydrogens is 182 g/mol. The lowest BCUT2D eigenvalue weighted by atomic mass is 10.1. The number of Topliss-reactive ketones (excluding diaryl/α,β-unsaturated/α-hetero) is 2. The van der Waals surface area contributed by atoms with Crippen molar-refractivity contribution >= 4 is 11.6 Å². The minimum atomic E-state index is -0.189. The Balaban J connectivity index is 3.27. The highest BCUT2D eigenvalue weighted by Gasteiger charge is 2.09. The highest BCUT2D eigenvalue weighted by Crippen LogP contribution is 2.13. The summed E-state index contributed by atoms with van der Waals surface area (Å²) in [4.78, 5) is 26.1. The molecular formula is C10H11NO3. The number of ketones is 2. The quantitative estimate of drug-likeness (QED) is 0.682. The second kappa shape index (κ2) is 4.00. The molecule has 0 saturated heterocycles. The number of aromatic nitrogens is 1. The van der Waals surface area contributed by atoms with Crippen molar-refractivity contribution in [3.8, 4) is 5.88 Å². The molecule has 74 valence electrons. The van der Waals surface area contributed by atoms with E-state index in [9.17, 15) is 9.59 Å². The predicted octanol–water partition coefficient (Wildman–Crippen LogP) is 1.50. The summed E-state index contributed by atoms with van der Waals surface area (Å²) in [6, 6.07) is 2.97. The molecule has 0 aliphatic rings. The van der Waals surface area contributed by atoms with Crippen molar-refractivity contribution in [2.24, 2.45) is 0 Å². The zero-order valence-corrected chi connectivity index (χ0v) is 8.33. The molecule has 0 aliphatic carbocycles. The lowest BCUT2D eigenvalue weighted by Crippen LogP contribution is -2.03. The van der Waals surface area contributed by atoms with Gasteiger partial charge < -0.3 is 4.74 Å². The van der Waals surface area contributed by atoms with E-state index in [1.807, 2.05) is 0 Å². The summed E-state index contributed by atoms with van der Waals surface area (Å²) in [6.07, 6.45) is 0. The van der Waals surface area contributed by atoms with Crippen molar-refractivity contribution in [1.82, 2.24) is 4.98 Å². The maximum atomic E-state index is 11.1. The van der Waals surface area contributed by atoms with Gasteiger partial charge in [0.2, 0.25) is 5.88 Å². The SMILES string of the molecule is COc1cc(C(C)=O)cc(C(C)=O)n1. The van der Waals surface area contributed by atoms with Crippen LogP contribution in [0.25, 0.3) is 0 Å². The predicted molar refractivity (Wildman–Crippen MR) is 50.8 cm³/mol. The third-order valence-electron chi connectivity index (χ3n) is 1.78. The minimum absolute atomic E-state index is 0.117. The number of hydrogen-bond donors (Lipinski definition) is 0. The first-order valence-corrected chi connectivity index (χ1v) is 4.12. The maximum absolute atomic E-state index is 11.1. The summed E-state index contributed by atoms with van der Waals surface area (Å²) in [6.45, 7) is 2.82. The molecule has 0 spiro atoms. The van der Waals surface area contributed by atoms with Crippen molar-refractivity contribution in [3.05, 3.63) is 23.4 Å². The second-order valence-corrected chi connectivity index (χ2v) is 2.90. The Morgan fingerprint density at radius 2 is 1.86 bits per heavy atom. The molecule has 0 aromatic carbocycles. The van der Waals surface area contributed by atoms with Crippen LogP contribution in [0.15, 0.2) is 12.1 Å². The Morgan fingerprint density at radius 3 is 2.29 bits per heavy atom. The Hall–Kier alpha value is -1.71. The average molecular weight is 193 g/mol. The molecule has 0 fully saturated rings. The van der Waals surface area contributed by atoms with E-state index in [0.29, 0.717) is 5.56 Å². The van der Waals surface area contributed by atoms with Gasteiger partial charge >= 0.3 is 0 Å². The number of hydrogen-bond acceptors (Lipinski definition) is 4. The van der Waals surface area contributed by atoms with E-state index in [-0.39, 0.29) is 23.1 Å². The molecule has 0 atom stereocenters.